The molecule has 0 amide bonds. The van der Waals surface area contributed by atoms with Crippen molar-refractivity contribution in [3.8, 4) is 0 Å². The largest absolute Gasteiger partial charge is 0.481 e. The molecule has 6 heteroatoms. The number of nitrogens with zero attached hydrogens (tertiary/aromatic N) is 1. The normalized spacial score (nSPS) is 11.3. The van der Waals surface area contributed by atoms with Crippen molar-refractivity contribution >= 4 is 22.5 Å². The van der Waals surface area contributed by atoms with E-state index >= 15 is 0 Å². The molecule has 1 aromatic carbocycles. The monoisotopic (exact) mass is 300 g/mol. The number of hydrogen-bond donors (Lipinski definition) is 2. The van der Waals surface area contributed by atoms with Gasteiger partial charge in [0.2, 0.25) is 0 Å². The minimum absolute atomic E-state index is 0.0299. The predicted molar refractivity (Wildman–Crippen MR) is 82.2 cm³/mol. The quantitative estimate of drug-likeness (QED) is 0.754. The summed E-state index contributed by atoms with van der Waals surface area (Å²) in [6.45, 7) is 0.466. The molecule has 0 atom stereocenters. The molecule has 0 fully saturated rings. The number of aryl methyl sites for hydroxylation is 1. The van der Waals surface area contributed by atoms with Crippen LogP contribution in [0, 0.1) is 0 Å². The van der Waals surface area contributed by atoms with Crippen LogP contribution in [-0.2, 0) is 22.6 Å². The van der Waals surface area contributed by atoms with Gasteiger partial charge >= 0.3 is 5.97 Å². The average molecular weight is 300 g/mol. The van der Waals surface area contributed by atoms with E-state index in [1.165, 1.54) is 0 Å². The third-order valence-corrected chi connectivity index (χ3v) is 3.65. The van der Waals surface area contributed by atoms with Gasteiger partial charge in [0.1, 0.15) is 5.52 Å². The molecular weight excluding hydrogens is 284 g/mol. The third kappa shape index (κ3) is 2.48. The van der Waals surface area contributed by atoms with Crippen LogP contribution in [0.2, 0.25) is 0 Å². The maximum atomic E-state index is 12.2. The lowest BCUT2D eigenvalue weighted by molar-refractivity contribution is -0.136. The van der Waals surface area contributed by atoms with Gasteiger partial charge in [-0.1, -0.05) is 6.07 Å². The van der Waals surface area contributed by atoms with Crippen LogP contribution < -0.4 is 5.56 Å². The number of carboxylic acid groups (broad SMARTS) is 1. The van der Waals surface area contributed by atoms with E-state index in [-0.39, 0.29) is 12.0 Å². The molecule has 0 bridgehead atoms. The molecule has 2 aromatic heterocycles. The molecule has 0 aliphatic heterocycles. The standard InChI is InChI=1S/C16H16N2O4/c1-22-9-10-2-5-13-12(8-10)17-16(21)14-6-3-11(18(13)14)4-7-15(19)20/h2-3,5-6,8H,4,7,9H2,1H3,(H,17,21)(H,19,20). The number of rotatable bonds is 5. The topological polar surface area (TPSA) is 83.8 Å². The first kappa shape index (κ1) is 14.3. The number of aromatic amines is 1. The van der Waals surface area contributed by atoms with Gasteiger partial charge < -0.3 is 19.2 Å². The van der Waals surface area contributed by atoms with E-state index in [2.05, 4.69) is 4.98 Å². The van der Waals surface area contributed by atoms with Crippen molar-refractivity contribution in [1.29, 1.82) is 0 Å². The fraction of sp³-hybridized carbons (Fsp3) is 0.250. The van der Waals surface area contributed by atoms with E-state index < -0.39 is 5.97 Å². The van der Waals surface area contributed by atoms with Crippen molar-refractivity contribution in [3.63, 3.8) is 0 Å². The number of aliphatic carboxylic acids is 1. The minimum atomic E-state index is -0.855. The number of H-pyrrole nitrogens is 1. The maximum Gasteiger partial charge on any atom is 0.303 e. The van der Waals surface area contributed by atoms with Gasteiger partial charge in [-0.25, -0.2) is 0 Å². The van der Waals surface area contributed by atoms with Crippen molar-refractivity contribution in [2.45, 2.75) is 19.4 Å². The fourth-order valence-corrected chi connectivity index (χ4v) is 2.69. The van der Waals surface area contributed by atoms with E-state index in [1.807, 2.05) is 22.6 Å². The van der Waals surface area contributed by atoms with Crippen LogP contribution in [0.3, 0.4) is 0 Å². The van der Waals surface area contributed by atoms with Crippen LogP contribution in [0.25, 0.3) is 16.6 Å². The van der Waals surface area contributed by atoms with Crippen LogP contribution in [0.5, 0.6) is 0 Å². The highest BCUT2D eigenvalue weighted by Crippen LogP contribution is 2.19. The molecule has 0 aliphatic rings. The summed E-state index contributed by atoms with van der Waals surface area (Å²) in [5.41, 5.74) is 3.66. The van der Waals surface area contributed by atoms with E-state index in [1.54, 1.807) is 19.2 Å². The number of hydrogen-bond acceptors (Lipinski definition) is 3. The molecule has 0 radical (unpaired) electrons. The van der Waals surface area contributed by atoms with Gasteiger partial charge in [0.15, 0.2) is 0 Å². The Morgan fingerprint density at radius 2 is 2.05 bits per heavy atom. The van der Waals surface area contributed by atoms with E-state index in [9.17, 15) is 9.59 Å². The Labute approximate surface area is 126 Å². The molecule has 2 N–H and O–H groups in total. The van der Waals surface area contributed by atoms with Gasteiger partial charge in [-0.3, -0.25) is 9.59 Å². The summed E-state index contributed by atoms with van der Waals surface area (Å²) in [6.07, 6.45) is 0.407. The number of nitrogens with one attached hydrogen (secondary N) is 1. The molecule has 2 heterocycles. The zero-order valence-corrected chi connectivity index (χ0v) is 12.1. The second-order valence-electron chi connectivity index (χ2n) is 5.18. The maximum absolute atomic E-state index is 12.2. The average Bonchev–Trinajstić information content (AvgIpc) is 2.90. The van der Waals surface area contributed by atoms with Gasteiger partial charge in [0, 0.05) is 12.8 Å². The van der Waals surface area contributed by atoms with Crippen LogP contribution >= 0.6 is 0 Å². The SMILES string of the molecule is COCc1ccc2c(c1)[nH]c(=O)c1ccc(CCC(=O)O)n12. The predicted octanol–water partition coefficient (Wildman–Crippen LogP) is 1.94. The molecular formula is C16H16N2O4. The molecule has 0 spiro atoms. The third-order valence-electron chi connectivity index (χ3n) is 3.65. The Hall–Kier alpha value is -2.60. The van der Waals surface area contributed by atoms with E-state index in [0.29, 0.717) is 24.1 Å². The van der Waals surface area contributed by atoms with Gasteiger partial charge in [-0.05, 0) is 36.2 Å². The fourth-order valence-electron chi connectivity index (χ4n) is 2.69. The molecule has 0 aliphatic carbocycles. The summed E-state index contributed by atoms with van der Waals surface area (Å²) >= 11 is 0. The first-order chi connectivity index (χ1) is 10.6. The first-order valence-electron chi connectivity index (χ1n) is 6.96. The number of benzene rings is 1. The zero-order chi connectivity index (χ0) is 15.7. The van der Waals surface area contributed by atoms with Gasteiger partial charge in [0.05, 0.1) is 24.1 Å². The molecule has 114 valence electrons. The summed E-state index contributed by atoms with van der Waals surface area (Å²) in [6, 6.07) is 9.25. The van der Waals surface area contributed by atoms with Gasteiger partial charge in [-0.2, -0.15) is 0 Å². The summed E-state index contributed by atoms with van der Waals surface area (Å²) in [7, 11) is 1.62. The zero-order valence-electron chi connectivity index (χ0n) is 12.1. The Bertz CT molecular complexity index is 908. The van der Waals surface area contributed by atoms with Crippen molar-refractivity contribution < 1.29 is 14.6 Å². The summed E-state index contributed by atoms with van der Waals surface area (Å²) < 4.78 is 6.93. The Balaban J connectivity index is 2.21. The van der Waals surface area contributed by atoms with E-state index in [0.717, 1.165) is 16.8 Å². The van der Waals surface area contributed by atoms with Crippen molar-refractivity contribution in [3.05, 3.63) is 51.9 Å². The summed E-state index contributed by atoms with van der Waals surface area (Å²) in [4.78, 5) is 25.8. The molecule has 0 saturated carbocycles. The highest BCUT2D eigenvalue weighted by atomic mass is 16.5. The molecule has 3 rings (SSSR count). The number of aromatic nitrogens is 2. The molecule has 6 nitrogen and oxygen atoms in total. The van der Waals surface area contributed by atoms with Crippen LogP contribution in [-0.4, -0.2) is 27.6 Å². The lowest BCUT2D eigenvalue weighted by Crippen LogP contribution is -2.11. The molecule has 3 aromatic rings. The van der Waals surface area contributed by atoms with Crippen LogP contribution in [0.1, 0.15) is 17.7 Å². The van der Waals surface area contributed by atoms with Gasteiger partial charge in [-0.15, -0.1) is 0 Å². The first-order valence-corrected chi connectivity index (χ1v) is 6.96. The number of methoxy groups -OCH3 is 1. The molecule has 0 saturated heterocycles. The second-order valence-corrected chi connectivity index (χ2v) is 5.18. The smallest absolute Gasteiger partial charge is 0.303 e. The van der Waals surface area contributed by atoms with Crippen molar-refractivity contribution in [1.82, 2.24) is 9.38 Å². The number of carboxylic acids is 1. The Kier molecular flexibility index (Phi) is 3.68. The molecule has 0 unspecified atom stereocenters. The summed E-state index contributed by atoms with van der Waals surface area (Å²) in [5.74, 6) is -0.855. The Morgan fingerprint density at radius 1 is 1.27 bits per heavy atom. The van der Waals surface area contributed by atoms with Crippen molar-refractivity contribution in [2.75, 3.05) is 7.11 Å². The molecule has 22 heavy (non-hydrogen) atoms. The van der Waals surface area contributed by atoms with E-state index in [4.69, 9.17) is 9.84 Å². The minimum Gasteiger partial charge on any atom is -0.481 e. The number of ether oxygens (including phenoxy) is 1. The lowest BCUT2D eigenvalue weighted by atomic mass is 10.2. The van der Waals surface area contributed by atoms with Crippen LogP contribution in [0.15, 0.2) is 35.1 Å². The Morgan fingerprint density at radius 3 is 2.77 bits per heavy atom. The second kappa shape index (κ2) is 5.65. The highest BCUT2D eigenvalue weighted by molar-refractivity contribution is 5.79. The summed E-state index contributed by atoms with van der Waals surface area (Å²) in [5, 5.41) is 8.86. The number of carbonyl (C=O) groups is 1. The van der Waals surface area contributed by atoms with Crippen molar-refractivity contribution in [2.24, 2.45) is 0 Å². The highest BCUT2D eigenvalue weighted by Gasteiger charge is 2.11. The van der Waals surface area contributed by atoms with Gasteiger partial charge in [0.25, 0.3) is 5.56 Å². The van der Waals surface area contributed by atoms with Crippen LogP contribution in [0.4, 0.5) is 0 Å². The number of fused-ring (bicyclic) bond motifs is 3. The lowest BCUT2D eigenvalue weighted by Gasteiger charge is -2.08.